The molecular weight excluding hydrogens is 387 g/mol. The Morgan fingerprint density at radius 2 is 1.86 bits per heavy atom. The minimum atomic E-state index is 0. The zero-order chi connectivity index (χ0) is 14.5. The van der Waals surface area contributed by atoms with E-state index in [4.69, 9.17) is 4.99 Å². The summed E-state index contributed by atoms with van der Waals surface area (Å²) in [6.45, 7) is 10.4. The van der Waals surface area contributed by atoms with Crippen LogP contribution in [0, 0.1) is 5.41 Å². The second-order valence-corrected chi connectivity index (χ2v) is 7.16. The molecule has 3 fully saturated rings. The summed E-state index contributed by atoms with van der Waals surface area (Å²) in [6.07, 6.45) is 9.69. The van der Waals surface area contributed by atoms with E-state index in [0.29, 0.717) is 5.41 Å². The molecule has 4 nitrogen and oxygen atoms in total. The molecule has 5 heteroatoms. The van der Waals surface area contributed by atoms with Gasteiger partial charge in [-0.2, -0.15) is 0 Å². The molecule has 128 valence electrons. The number of halogens is 1. The van der Waals surface area contributed by atoms with Crippen LogP contribution in [0.5, 0.6) is 0 Å². The van der Waals surface area contributed by atoms with E-state index in [0.717, 1.165) is 13.1 Å². The first-order chi connectivity index (χ1) is 10.3. The number of guanidine groups is 1. The molecule has 0 amide bonds. The molecule has 0 aromatic heterocycles. The minimum Gasteiger partial charge on any atom is -0.357 e. The van der Waals surface area contributed by atoms with Gasteiger partial charge in [0, 0.05) is 26.2 Å². The zero-order valence-electron chi connectivity index (χ0n) is 14.1. The fourth-order valence-electron chi connectivity index (χ4n) is 4.11. The van der Waals surface area contributed by atoms with Crippen LogP contribution in [0.15, 0.2) is 4.99 Å². The van der Waals surface area contributed by atoms with Gasteiger partial charge >= 0.3 is 0 Å². The highest BCUT2D eigenvalue weighted by atomic mass is 127. The number of nitrogens with zero attached hydrogens (tertiary/aromatic N) is 3. The molecule has 0 bridgehead atoms. The lowest BCUT2D eigenvalue weighted by Gasteiger charge is -2.38. The van der Waals surface area contributed by atoms with Crippen LogP contribution in [-0.2, 0) is 0 Å². The van der Waals surface area contributed by atoms with E-state index >= 15 is 0 Å². The van der Waals surface area contributed by atoms with Crippen molar-refractivity contribution in [2.24, 2.45) is 10.4 Å². The van der Waals surface area contributed by atoms with Crippen molar-refractivity contribution in [2.75, 3.05) is 45.8 Å². The Morgan fingerprint density at radius 1 is 1.09 bits per heavy atom. The lowest BCUT2D eigenvalue weighted by atomic mass is 9.68. The van der Waals surface area contributed by atoms with Crippen LogP contribution in [0.2, 0.25) is 0 Å². The van der Waals surface area contributed by atoms with E-state index in [2.05, 4.69) is 22.0 Å². The van der Waals surface area contributed by atoms with E-state index < -0.39 is 0 Å². The Labute approximate surface area is 153 Å². The molecule has 1 saturated carbocycles. The molecule has 3 rings (SSSR count). The number of rotatable bonds is 5. The number of likely N-dealkylation sites (tertiary alicyclic amines) is 2. The fraction of sp³-hybridized carbons (Fsp3) is 0.941. The van der Waals surface area contributed by atoms with Crippen molar-refractivity contribution in [1.82, 2.24) is 15.1 Å². The molecule has 0 radical (unpaired) electrons. The number of hydrogen-bond acceptors (Lipinski definition) is 2. The Bertz CT molecular complexity index is 362. The maximum Gasteiger partial charge on any atom is 0.193 e. The smallest absolute Gasteiger partial charge is 0.193 e. The normalized spacial score (nSPS) is 24.4. The van der Waals surface area contributed by atoms with E-state index in [1.807, 2.05) is 0 Å². The van der Waals surface area contributed by atoms with Gasteiger partial charge in [-0.1, -0.05) is 6.42 Å². The topological polar surface area (TPSA) is 30.9 Å². The van der Waals surface area contributed by atoms with Crippen molar-refractivity contribution in [2.45, 2.75) is 51.9 Å². The summed E-state index contributed by atoms with van der Waals surface area (Å²) in [6, 6.07) is 0. The van der Waals surface area contributed by atoms with E-state index in [1.165, 1.54) is 83.6 Å². The molecule has 2 aliphatic heterocycles. The van der Waals surface area contributed by atoms with Gasteiger partial charge in [0.1, 0.15) is 0 Å². The summed E-state index contributed by atoms with van der Waals surface area (Å²) in [4.78, 5) is 9.98. The first-order valence-electron chi connectivity index (χ1n) is 9.07. The third kappa shape index (κ3) is 4.49. The van der Waals surface area contributed by atoms with Crippen molar-refractivity contribution in [1.29, 1.82) is 0 Å². The molecule has 1 N–H and O–H groups in total. The van der Waals surface area contributed by atoms with E-state index in [9.17, 15) is 0 Å². The van der Waals surface area contributed by atoms with Gasteiger partial charge in [-0.3, -0.25) is 4.99 Å². The Morgan fingerprint density at radius 3 is 2.45 bits per heavy atom. The van der Waals surface area contributed by atoms with E-state index in [1.54, 1.807) is 0 Å². The summed E-state index contributed by atoms with van der Waals surface area (Å²) in [5.41, 5.74) is 0.658. The largest absolute Gasteiger partial charge is 0.357 e. The van der Waals surface area contributed by atoms with Crippen LogP contribution in [0.4, 0.5) is 0 Å². The second kappa shape index (κ2) is 8.71. The predicted octanol–water partition coefficient (Wildman–Crippen LogP) is 2.93. The van der Waals surface area contributed by atoms with Crippen LogP contribution >= 0.6 is 24.0 Å². The van der Waals surface area contributed by atoms with Gasteiger partial charge < -0.3 is 15.1 Å². The zero-order valence-corrected chi connectivity index (χ0v) is 16.5. The average molecular weight is 420 g/mol. The highest BCUT2D eigenvalue weighted by molar-refractivity contribution is 14.0. The summed E-state index contributed by atoms with van der Waals surface area (Å²) in [5, 5.41) is 3.50. The third-order valence-corrected chi connectivity index (χ3v) is 5.58. The monoisotopic (exact) mass is 420 g/mol. The van der Waals surface area contributed by atoms with Crippen molar-refractivity contribution < 1.29 is 0 Å². The maximum atomic E-state index is 4.89. The quantitative estimate of drug-likeness (QED) is 0.321. The van der Waals surface area contributed by atoms with Crippen molar-refractivity contribution in [3.8, 4) is 0 Å². The molecule has 0 aromatic carbocycles. The Hall–Kier alpha value is -0.0400. The van der Waals surface area contributed by atoms with Crippen LogP contribution in [-0.4, -0.2) is 61.6 Å². The average Bonchev–Trinajstić information content (AvgIpc) is 3.10. The molecule has 3 aliphatic rings. The first-order valence-corrected chi connectivity index (χ1v) is 9.07. The predicted molar refractivity (Wildman–Crippen MR) is 104 cm³/mol. The number of hydrogen-bond donors (Lipinski definition) is 1. The molecule has 22 heavy (non-hydrogen) atoms. The summed E-state index contributed by atoms with van der Waals surface area (Å²) in [7, 11) is 0. The maximum absolute atomic E-state index is 4.89. The van der Waals surface area contributed by atoms with Gasteiger partial charge in [-0.15, -0.1) is 24.0 Å². The first kappa shape index (κ1) is 18.3. The van der Waals surface area contributed by atoms with Gasteiger partial charge in [0.2, 0.25) is 0 Å². The summed E-state index contributed by atoms with van der Waals surface area (Å²) >= 11 is 0. The summed E-state index contributed by atoms with van der Waals surface area (Å²) in [5.74, 6) is 1.17. The van der Waals surface area contributed by atoms with Crippen LogP contribution in [0.1, 0.15) is 51.9 Å². The van der Waals surface area contributed by atoms with Crippen molar-refractivity contribution >= 4 is 29.9 Å². The van der Waals surface area contributed by atoms with Gasteiger partial charge in [-0.05, 0) is 70.5 Å². The summed E-state index contributed by atoms with van der Waals surface area (Å²) < 4.78 is 0. The fourth-order valence-corrected chi connectivity index (χ4v) is 4.11. The van der Waals surface area contributed by atoms with Gasteiger partial charge in [0.25, 0.3) is 0 Å². The molecule has 2 saturated heterocycles. The van der Waals surface area contributed by atoms with Crippen LogP contribution < -0.4 is 5.32 Å². The molecule has 0 aromatic rings. The number of nitrogens with one attached hydrogen (secondary N) is 1. The molecular formula is C17H33IN4. The molecule has 0 unspecified atom stereocenters. The molecule has 1 aliphatic carbocycles. The Kier molecular flexibility index (Phi) is 7.25. The SMILES string of the molecule is CCNC(=NCCCN1CCCC1)N1CCC2(CCC2)C1.I. The number of aliphatic imine (C=N–C) groups is 1. The van der Waals surface area contributed by atoms with Crippen molar-refractivity contribution in [3.05, 3.63) is 0 Å². The molecule has 2 heterocycles. The highest BCUT2D eigenvalue weighted by Crippen LogP contribution is 2.47. The standard InChI is InChI=1S/C17H32N4.HI/c1-2-18-16(19-10-6-13-20-11-3-4-12-20)21-14-9-17(15-21)7-5-8-17;/h2-15H2,1H3,(H,18,19);1H. The third-order valence-electron chi connectivity index (χ3n) is 5.58. The second-order valence-electron chi connectivity index (χ2n) is 7.16. The van der Waals surface area contributed by atoms with Crippen LogP contribution in [0.25, 0.3) is 0 Å². The molecule has 1 spiro atoms. The highest BCUT2D eigenvalue weighted by Gasteiger charge is 2.43. The molecule has 0 atom stereocenters. The Balaban J connectivity index is 0.00000176. The van der Waals surface area contributed by atoms with Gasteiger partial charge in [0.05, 0.1) is 0 Å². The van der Waals surface area contributed by atoms with Crippen LogP contribution in [0.3, 0.4) is 0 Å². The van der Waals surface area contributed by atoms with E-state index in [-0.39, 0.29) is 24.0 Å². The lowest BCUT2D eigenvalue weighted by Crippen LogP contribution is -2.42. The van der Waals surface area contributed by atoms with Crippen molar-refractivity contribution in [3.63, 3.8) is 0 Å². The van der Waals surface area contributed by atoms with Gasteiger partial charge in [0.15, 0.2) is 5.96 Å². The van der Waals surface area contributed by atoms with Gasteiger partial charge in [-0.25, -0.2) is 0 Å². The lowest BCUT2D eigenvalue weighted by molar-refractivity contribution is 0.151. The minimum absolute atomic E-state index is 0.